The number of benzene rings is 1. The second-order valence-corrected chi connectivity index (χ2v) is 2.70. The summed E-state index contributed by atoms with van der Waals surface area (Å²) in [5.41, 5.74) is 0.855. The van der Waals surface area contributed by atoms with Crippen molar-refractivity contribution in [2.45, 2.75) is 6.42 Å². The van der Waals surface area contributed by atoms with E-state index < -0.39 is 6.09 Å². The minimum Gasteiger partial charge on any atom is -0.453 e. The zero-order valence-electron chi connectivity index (χ0n) is 7.82. The predicted octanol–water partition coefficient (Wildman–Crippen LogP) is 1.11. The second-order valence-electron chi connectivity index (χ2n) is 2.70. The van der Waals surface area contributed by atoms with E-state index in [0.29, 0.717) is 0 Å². The molecule has 0 aliphatic carbocycles. The SMILES string of the molecule is COC(=O)NC(=O)Cc1ccccc1. The van der Waals surface area contributed by atoms with Gasteiger partial charge in [-0.25, -0.2) is 4.79 Å². The van der Waals surface area contributed by atoms with Crippen LogP contribution in [0.2, 0.25) is 0 Å². The third-order valence-corrected chi connectivity index (χ3v) is 1.63. The molecule has 0 unspecified atom stereocenters. The zero-order valence-corrected chi connectivity index (χ0v) is 7.82. The first-order chi connectivity index (χ1) is 6.72. The standard InChI is InChI=1S/C10H11NO3/c1-14-10(13)11-9(12)7-8-5-3-2-4-6-8/h2-6H,7H2,1H3,(H,11,12,13). The number of alkyl carbamates (subject to hydrolysis) is 1. The Balaban J connectivity index is 2.46. The quantitative estimate of drug-likeness (QED) is 0.765. The van der Waals surface area contributed by atoms with Crippen LogP contribution in [0.25, 0.3) is 0 Å². The maximum absolute atomic E-state index is 11.2. The summed E-state index contributed by atoms with van der Waals surface area (Å²) in [5.74, 6) is -0.372. The van der Waals surface area contributed by atoms with Crippen molar-refractivity contribution >= 4 is 12.0 Å². The van der Waals surface area contributed by atoms with Crippen LogP contribution in [0, 0.1) is 0 Å². The Bertz CT molecular complexity index is 321. The first kappa shape index (κ1) is 10.2. The fraction of sp³-hybridized carbons (Fsp3) is 0.200. The molecule has 0 saturated heterocycles. The highest BCUT2D eigenvalue weighted by Crippen LogP contribution is 1.98. The number of carbonyl (C=O) groups excluding carboxylic acids is 2. The van der Waals surface area contributed by atoms with Gasteiger partial charge >= 0.3 is 6.09 Å². The Morgan fingerprint density at radius 3 is 2.50 bits per heavy atom. The number of carbonyl (C=O) groups is 2. The molecule has 0 bridgehead atoms. The Hall–Kier alpha value is -1.84. The van der Waals surface area contributed by atoms with Crippen molar-refractivity contribution < 1.29 is 14.3 Å². The van der Waals surface area contributed by atoms with Crippen molar-refractivity contribution in [1.82, 2.24) is 5.32 Å². The molecule has 0 spiro atoms. The summed E-state index contributed by atoms with van der Waals surface area (Å²) in [6, 6.07) is 9.16. The Morgan fingerprint density at radius 2 is 1.93 bits per heavy atom. The fourth-order valence-electron chi connectivity index (χ4n) is 0.990. The molecule has 0 aromatic heterocycles. The summed E-state index contributed by atoms with van der Waals surface area (Å²) < 4.78 is 4.29. The highest BCUT2D eigenvalue weighted by Gasteiger charge is 2.07. The van der Waals surface area contributed by atoms with E-state index in [-0.39, 0.29) is 12.3 Å². The molecule has 0 heterocycles. The third kappa shape index (κ3) is 3.26. The summed E-state index contributed by atoms with van der Waals surface area (Å²) >= 11 is 0. The topological polar surface area (TPSA) is 55.4 Å². The molecule has 0 radical (unpaired) electrons. The van der Waals surface area contributed by atoms with E-state index in [9.17, 15) is 9.59 Å². The monoisotopic (exact) mass is 193 g/mol. The summed E-state index contributed by atoms with van der Waals surface area (Å²) in [7, 11) is 1.21. The average molecular weight is 193 g/mol. The van der Waals surface area contributed by atoms with Gasteiger partial charge in [0.2, 0.25) is 5.91 Å². The van der Waals surface area contributed by atoms with Gasteiger partial charge in [-0.15, -0.1) is 0 Å². The van der Waals surface area contributed by atoms with Crippen LogP contribution in [0.15, 0.2) is 30.3 Å². The van der Waals surface area contributed by atoms with Gasteiger partial charge in [0, 0.05) is 0 Å². The molecule has 4 nitrogen and oxygen atoms in total. The van der Waals surface area contributed by atoms with Crippen molar-refractivity contribution in [2.75, 3.05) is 7.11 Å². The molecular weight excluding hydrogens is 182 g/mol. The van der Waals surface area contributed by atoms with Gasteiger partial charge in [-0.05, 0) is 5.56 Å². The van der Waals surface area contributed by atoms with Gasteiger partial charge in [-0.1, -0.05) is 30.3 Å². The van der Waals surface area contributed by atoms with E-state index >= 15 is 0 Å². The maximum atomic E-state index is 11.2. The van der Waals surface area contributed by atoms with Crippen molar-refractivity contribution in [3.8, 4) is 0 Å². The van der Waals surface area contributed by atoms with Crippen molar-refractivity contribution in [3.63, 3.8) is 0 Å². The number of ether oxygens (including phenoxy) is 1. The molecule has 2 amide bonds. The molecule has 0 saturated carbocycles. The van der Waals surface area contributed by atoms with E-state index in [1.54, 1.807) is 0 Å². The summed E-state index contributed by atoms with van der Waals surface area (Å²) in [6.07, 6.45) is -0.554. The molecule has 74 valence electrons. The van der Waals surface area contributed by atoms with E-state index in [0.717, 1.165) is 5.56 Å². The number of imide groups is 1. The molecule has 0 aliphatic rings. The van der Waals surface area contributed by atoms with E-state index in [4.69, 9.17) is 0 Å². The van der Waals surface area contributed by atoms with E-state index in [2.05, 4.69) is 10.1 Å². The van der Waals surface area contributed by atoms with Gasteiger partial charge in [-0.3, -0.25) is 10.1 Å². The van der Waals surface area contributed by atoms with Crippen LogP contribution in [0.5, 0.6) is 0 Å². The van der Waals surface area contributed by atoms with Gasteiger partial charge in [-0.2, -0.15) is 0 Å². The molecule has 4 heteroatoms. The lowest BCUT2D eigenvalue weighted by Crippen LogP contribution is -2.31. The van der Waals surface area contributed by atoms with Crippen LogP contribution in [0.3, 0.4) is 0 Å². The van der Waals surface area contributed by atoms with Gasteiger partial charge in [0.25, 0.3) is 0 Å². The average Bonchev–Trinajstić information content (AvgIpc) is 2.19. The number of methoxy groups -OCH3 is 1. The molecule has 0 aliphatic heterocycles. The Labute approximate surface area is 81.9 Å². The van der Waals surface area contributed by atoms with Crippen LogP contribution in [-0.2, 0) is 16.0 Å². The van der Waals surface area contributed by atoms with Crippen LogP contribution in [-0.4, -0.2) is 19.1 Å². The lowest BCUT2D eigenvalue weighted by molar-refractivity contribution is -0.119. The molecule has 0 fully saturated rings. The van der Waals surface area contributed by atoms with Gasteiger partial charge in [0.1, 0.15) is 0 Å². The van der Waals surface area contributed by atoms with Crippen molar-refractivity contribution in [3.05, 3.63) is 35.9 Å². The largest absolute Gasteiger partial charge is 0.453 e. The second kappa shape index (κ2) is 5.01. The number of hydrogen-bond acceptors (Lipinski definition) is 3. The van der Waals surface area contributed by atoms with Crippen LogP contribution >= 0.6 is 0 Å². The third-order valence-electron chi connectivity index (χ3n) is 1.63. The molecule has 0 atom stereocenters. The predicted molar refractivity (Wildman–Crippen MR) is 50.7 cm³/mol. The first-order valence-electron chi connectivity index (χ1n) is 4.14. The normalized spacial score (nSPS) is 9.21. The summed E-state index contributed by atoms with van der Waals surface area (Å²) in [4.78, 5) is 21.8. The first-order valence-corrected chi connectivity index (χ1v) is 4.14. The van der Waals surface area contributed by atoms with Crippen molar-refractivity contribution in [2.24, 2.45) is 0 Å². The molecule has 1 aromatic carbocycles. The molecule has 1 aromatic rings. The van der Waals surface area contributed by atoms with E-state index in [1.165, 1.54) is 7.11 Å². The maximum Gasteiger partial charge on any atom is 0.413 e. The van der Waals surface area contributed by atoms with E-state index in [1.807, 2.05) is 30.3 Å². The molecular formula is C10H11NO3. The molecule has 1 N–H and O–H groups in total. The van der Waals surface area contributed by atoms with Crippen LogP contribution in [0.1, 0.15) is 5.56 Å². The smallest absolute Gasteiger partial charge is 0.413 e. The summed E-state index contributed by atoms with van der Waals surface area (Å²) in [5, 5.41) is 2.08. The highest BCUT2D eigenvalue weighted by atomic mass is 16.5. The lowest BCUT2D eigenvalue weighted by Gasteiger charge is -2.01. The minimum absolute atomic E-state index is 0.177. The van der Waals surface area contributed by atoms with Gasteiger partial charge in [0.05, 0.1) is 13.5 Å². The minimum atomic E-state index is -0.731. The number of amides is 2. The Kier molecular flexibility index (Phi) is 3.67. The number of rotatable bonds is 2. The summed E-state index contributed by atoms with van der Waals surface area (Å²) in [6.45, 7) is 0. The highest BCUT2D eigenvalue weighted by molar-refractivity contribution is 5.92. The molecule has 1 rings (SSSR count). The number of hydrogen-bond donors (Lipinski definition) is 1. The zero-order chi connectivity index (χ0) is 10.4. The Morgan fingerprint density at radius 1 is 1.29 bits per heavy atom. The lowest BCUT2D eigenvalue weighted by atomic mass is 10.1. The van der Waals surface area contributed by atoms with Crippen molar-refractivity contribution in [1.29, 1.82) is 0 Å². The van der Waals surface area contributed by atoms with Crippen LogP contribution < -0.4 is 5.32 Å². The molecule has 14 heavy (non-hydrogen) atoms. The van der Waals surface area contributed by atoms with Gasteiger partial charge < -0.3 is 4.74 Å². The van der Waals surface area contributed by atoms with Gasteiger partial charge in [0.15, 0.2) is 0 Å². The number of nitrogens with one attached hydrogen (secondary N) is 1. The fourth-order valence-corrected chi connectivity index (χ4v) is 0.990. The van der Waals surface area contributed by atoms with Crippen LogP contribution in [0.4, 0.5) is 4.79 Å².